The minimum atomic E-state index is 0.164. The largest absolute Gasteiger partial charge is 0.352 e. The van der Waals surface area contributed by atoms with Gasteiger partial charge in [0.1, 0.15) is 0 Å². The summed E-state index contributed by atoms with van der Waals surface area (Å²) in [6, 6.07) is 15.1. The molecule has 2 N–H and O–H groups in total. The lowest BCUT2D eigenvalue weighted by atomic mass is 10.0. The molecule has 21 heavy (non-hydrogen) atoms. The maximum atomic E-state index is 12.0. The Morgan fingerprint density at radius 1 is 1.19 bits per heavy atom. The van der Waals surface area contributed by atoms with E-state index >= 15 is 0 Å². The van der Waals surface area contributed by atoms with E-state index in [0.29, 0.717) is 12.5 Å². The van der Waals surface area contributed by atoms with Gasteiger partial charge in [-0.15, -0.1) is 0 Å². The number of piperidine rings is 1. The molecule has 2 aromatic rings. The van der Waals surface area contributed by atoms with Gasteiger partial charge in [0.25, 0.3) is 0 Å². The van der Waals surface area contributed by atoms with Crippen LogP contribution in [0.5, 0.6) is 0 Å². The van der Waals surface area contributed by atoms with Gasteiger partial charge in [-0.05, 0) is 42.1 Å². The van der Waals surface area contributed by atoms with Crippen LogP contribution in [0.25, 0.3) is 10.8 Å². The Morgan fingerprint density at radius 2 is 2.05 bits per heavy atom. The standard InChI is InChI=1S/C18H22N2O/c21-18(20-17-6-3-11-19-13-17)10-8-14-7-9-15-4-1-2-5-16(15)12-14/h1-2,4-5,7,9,12,17,19H,3,6,8,10-11,13H2,(H,20,21)/t17-/m0/s1. The lowest BCUT2D eigenvalue weighted by Crippen LogP contribution is -2.45. The Hall–Kier alpha value is -1.87. The molecule has 0 radical (unpaired) electrons. The summed E-state index contributed by atoms with van der Waals surface area (Å²) in [7, 11) is 0. The molecule has 0 aromatic heterocycles. The number of nitrogens with one attached hydrogen (secondary N) is 2. The van der Waals surface area contributed by atoms with Crippen LogP contribution in [0.4, 0.5) is 0 Å². The third kappa shape index (κ3) is 3.82. The Morgan fingerprint density at radius 3 is 2.86 bits per heavy atom. The maximum absolute atomic E-state index is 12.0. The molecule has 0 spiro atoms. The number of amides is 1. The van der Waals surface area contributed by atoms with Crippen LogP contribution in [-0.4, -0.2) is 25.0 Å². The van der Waals surface area contributed by atoms with E-state index in [4.69, 9.17) is 0 Å². The second kappa shape index (κ2) is 6.72. The fourth-order valence-electron chi connectivity index (χ4n) is 2.93. The fourth-order valence-corrected chi connectivity index (χ4v) is 2.93. The van der Waals surface area contributed by atoms with E-state index in [1.807, 2.05) is 6.07 Å². The number of carbonyl (C=O) groups excluding carboxylic acids is 1. The van der Waals surface area contributed by atoms with Crippen molar-refractivity contribution in [2.45, 2.75) is 31.7 Å². The molecule has 1 heterocycles. The Balaban J connectivity index is 1.54. The van der Waals surface area contributed by atoms with Crippen LogP contribution >= 0.6 is 0 Å². The zero-order valence-electron chi connectivity index (χ0n) is 12.3. The van der Waals surface area contributed by atoms with Crippen molar-refractivity contribution in [2.75, 3.05) is 13.1 Å². The molecular weight excluding hydrogens is 260 g/mol. The number of aryl methyl sites for hydroxylation is 1. The molecule has 3 heteroatoms. The second-order valence-electron chi connectivity index (χ2n) is 5.79. The summed E-state index contributed by atoms with van der Waals surface area (Å²) in [5.41, 5.74) is 1.23. The summed E-state index contributed by atoms with van der Waals surface area (Å²) in [5, 5.41) is 8.94. The minimum Gasteiger partial charge on any atom is -0.352 e. The molecule has 1 aliphatic rings. The molecule has 3 rings (SSSR count). The van der Waals surface area contributed by atoms with Gasteiger partial charge in [-0.2, -0.15) is 0 Å². The van der Waals surface area contributed by atoms with Crippen LogP contribution in [0.1, 0.15) is 24.8 Å². The van der Waals surface area contributed by atoms with E-state index in [1.165, 1.54) is 16.3 Å². The molecular formula is C18H22N2O. The monoisotopic (exact) mass is 282 g/mol. The SMILES string of the molecule is O=C(CCc1ccc2ccccc2c1)N[C@H]1CCCNC1. The third-order valence-electron chi connectivity index (χ3n) is 4.12. The average molecular weight is 282 g/mol. The first kappa shape index (κ1) is 14.1. The molecule has 0 bridgehead atoms. The van der Waals surface area contributed by atoms with E-state index in [-0.39, 0.29) is 5.91 Å². The van der Waals surface area contributed by atoms with E-state index in [2.05, 4.69) is 47.0 Å². The van der Waals surface area contributed by atoms with Crippen molar-refractivity contribution in [3.8, 4) is 0 Å². The van der Waals surface area contributed by atoms with Crippen molar-refractivity contribution in [3.63, 3.8) is 0 Å². The molecule has 1 aliphatic heterocycles. The first-order valence-electron chi connectivity index (χ1n) is 7.79. The van der Waals surface area contributed by atoms with Crippen LogP contribution in [-0.2, 0) is 11.2 Å². The van der Waals surface area contributed by atoms with E-state index < -0.39 is 0 Å². The number of hydrogen-bond acceptors (Lipinski definition) is 2. The Bertz CT molecular complexity index is 617. The predicted octanol–water partition coefficient (Wildman–Crippen LogP) is 2.64. The predicted molar refractivity (Wildman–Crippen MR) is 86.3 cm³/mol. The van der Waals surface area contributed by atoms with Crippen LogP contribution < -0.4 is 10.6 Å². The summed E-state index contributed by atoms with van der Waals surface area (Å²) in [6.45, 7) is 1.98. The second-order valence-corrected chi connectivity index (χ2v) is 5.79. The number of fused-ring (bicyclic) bond motifs is 1. The number of carbonyl (C=O) groups is 1. The highest BCUT2D eigenvalue weighted by Gasteiger charge is 2.14. The highest BCUT2D eigenvalue weighted by Crippen LogP contribution is 2.16. The van der Waals surface area contributed by atoms with Gasteiger partial charge < -0.3 is 10.6 Å². The van der Waals surface area contributed by atoms with Crippen LogP contribution in [0.2, 0.25) is 0 Å². The number of hydrogen-bond donors (Lipinski definition) is 2. The molecule has 1 amide bonds. The number of rotatable bonds is 4. The van der Waals surface area contributed by atoms with Crippen molar-refractivity contribution >= 4 is 16.7 Å². The Kier molecular flexibility index (Phi) is 4.51. The molecule has 3 nitrogen and oxygen atoms in total. The average Bonchev–Trinajstić information content (AvgIpc) is 2.54. The summed E-state index contributed by atoms with van der Waals surface area (Å²) in [4.78, 5) is 12.0. The zero-order chi connectivity index (χ0) is 14.5. The highest BCUT2D eigenvalue weighted by atomic mass is 16.1. The van der Waals surface area contributed by atoms with Crippen LogP contribution in [0.15, 0.2) is 42.5 Å². The van der Waals surface area contributed by atoms with Gasteiger partial charge in [0.2, 0.25) is 5.91 Å². The van der Waals surface area contributed by atoms with Gasteiger partial charge in [0.05, 0.1) is 0 Å². The zero-order valence-corrected chi connectivity index (χ0v) is 12.3. The van der Waals surface area contributed by atoms with Crippen molar-refractivity contribution < 1.29 is 4.79 Å². The van der Waals surface area contributed by atoms with Gasteiger partial charge in [0, 0.05) is 19.0 Å². The first-order valence-corrected chi connectivity index (χ1v) is 7.79. The van der Waals surface area contributed by atoms with Gasteiger partial charge in [-0.25, -0.2) is 0 Å². The smallest absolute Gasteiger partial charge is 0.220 e. The van der Waals surface area contributed by atoms with Crippen molar-refractivity contribution in [3.05, 3.63) is 48.0 Å². The molecule has 0 unspecified atom stereocenters. The molecule has 1 fully saturated rings. The molecule has 1 atom stereocenters. The lowest BCUT2D eigenvalue weighted by Gasteiger charge is -2.23. The van der Waals surface area contributed by atoms with Gasteiger partial charge in [-0.3, -0.25) is 4.79 Å². The molecule has 1 saturated heterocycles. The van der Waals surface area contributed by atoms with Gasteiger partial charge in [0.15, 0.2) is 0 Å². The summed E-state index contributed by atoms with van der Waals surface area (Å²) >= 11 is 0. The summed E-state index contributed by atoms with van der Waals surface area (Å²) in [5.74, 6) is 0.164. The first-order chi connectivity index (χ1) is 10.3. The fraction of sp³-hybridized carbons (Fsp3) is 0.389. The summed E-state index contributed by atoms with van der Waals surface area (Å²) in [6.07, 6.45) is 3.61. The quantitative estimate of drug-likeness (QED) is 0.905. The molecule has 110 valence electrons. The van der Waals surface area contributed by atoms with Crippen molar-refractivity contribution in [1.82, 2.24) is 10.6 Å². The van der Waals surface area contributed by atoms with Crippen LogP contribution in [0.3, 0.4) is 0 Å². The topological polar surface area (TPSA) is 41.1 Å². The van der Waals surface area contributed by atoms with Crippen molar-refractivity contribution in [2.24, 2.45) is 0 Å². The highest BCUT2D eigenvalue weighted by molar-refractivity contribution is 5.83. The number of benzene rings is 2. The van der Waals surface area contributed by atoms with E-state index in [0.717, 1.165) is 32.4 Å². The normalized spacial score (nSPS) is 18.6. The minimum absolute atomic E-state index is 0.164. The molecule has 0 saturated carbocycles. The van der Waals surface area contributed by atoms with Gasteiger partial charge in [-0.1, -0.05) is 42.5 Å². The van der Waals surface area contributed by atoms with Crippen LogP contribution in [0, 0.1) is 0 Å². The third-order valence-corrected chi connectivity index (χ3v) is 4.12. The van der Waals surface area contributed by atoms with E-state index in [1.54, 1.807) is 0 Å². The maximum Gasteiger partial charge on any atom is 0.220 e. The Labute approximate surface area is 125 Å². The van der Waals surface area contributed by atoms with E-state index in [9.17, 15) is 4.79 Å². The lowest BCUT2D eigenvalue weighted by molar-refractivity contribution is -0.121. The van der Waals surface area contributed by atoms with Crippen molar-refractivity contribution in [1.29, 1.82) is 0 Å². The molecule has 2 aromatic carbocycles. The summed E-state index contributed by atoms with van der Waals surface area (Å²) < 4.78 is 0. The molecule has 0 aliphatic carbocycles. The van der Waals surface area contributed by atoms with Gasteiger partial charge >= 0.3 is 0 Å².